The minimum Gasteiger partial charge on any atom is -0.496 e. The number of methoxy groups -OCH3 is 1. The van der Waals surface area contributed by atoms with Crippen molar-refractivity contribution < 1.29 is 9.53 Å². The van der Waals surface area contributed by atoms with E-state index in [4.69, 9.17) is 4.74 Å². The van der Waals surface area contributed by atoms with Gasteiger partial charge in [0.1, 0.15) is 11.4 Å². The molecule has 0 fully saturated rings. The summed E-state index contributed by atoms with van der Waals surface area (Å²) in [6.07, 6.45) is 1.56. The second-order valence-electron chi connectivity index (χ2n) is 7.65. The Kier molecular flexibility index (Phi) is 5.53. The van der Waals surface area contributed by atoms with Crippen LogP contribution >= 0.6 is 0 Å². The first-order valence-corrected chi connectivity index (χ1v) is 9.95. The fraction of sp³-hybridized carbons (Fsp3) is 0.217. The van der Waals surface area contributed by atoms with Crippen molar-refractivity contribution in [3.8, 4) is 17.0 Å². The summed E-state index contributed by atoms with van der Waals surface area (Å²) < 4.78 is 6.95. The quantitative estimate of drug-likeness (QED) is 0.498. The monoisotopic (exact) mass is 417 g/mol. The van der Waals surface area contributed by atoms with Crippen LogP contribution in [0.25, 0.3) is 22.2 Å². The molecule has 158 valence electrons. The minimum atomic E-state index is -0.362. The van der Waals surface area contributed by atoms with Gasteiger partial charge in [-0.1, -0.05) is 26.0 Å². The van der Waals surface area contributed by atoms with Gasteiger partial charge in [-0.3, -0.25) is 19.3 Å². The third-order valence-electron chi connectivity index (χ3n) is 4.85. The number of anilines is 1. The summed E-state index contributed by atoms with van der Waals surface area (Å²) in [5.41, 5.74) is 2.64. The Labute approximate surface area is 178 Å². The van der Waals surface area contributed by atoms with Crippen LogP contribution in [0.5, 0.6) is 5.75 Å². The third-order valence-corrected chi connectivity index (χ3v) is 4.85. The van der Waals surface area contributed by atoms with E-state index < -0.39 is 0 Å². The molecule has 2 aromatic heterocycles. The maximum atomic E-state index is 12.8. The van der Waals surface area contributed by atoms with Gasteiger partial charge in [0.15, 0.2) is 0 Å². The molecule has 0 bridgehead atoms. The average molecular weight is 417 g/mol. The van der Waals surface area contributed by atoms with Gasteiger partial charge in [0.05, 0.1) is 30.0 Å². The number of aromatic amines is 1. The smallest absolute Gasteiger partial charge is 0.273 e. The predicted molar refractivity (Wildman–Crippen MR) is 119 cm³/mol. The second-order valence-corrected chi connectivity index (χ2v) is 7.65. The summed E-state index contributed by atoms with van der Waals surface area (Å²) in [5.74, 6) is 0.623. The lowest BCUT2D eigenvalue weighted by molar-refractivity contribution is 0.102. The Balaban J connectivity index is 1.59. The molecule has 8 heteroatoms. The van der Waals surface area contributed by atoms with Crippen molar-refractivity contribution in [2.75, 3.05) is 12.4 Å². The van der Waals surface area contributed by atoms with E-state index in [2.05, 4.69) is 20.5 Å². The first-order chi connectivity index (χ1) is 15.0. The van der Waals surface area contributed by atoms with Crippen LogP contribution < -0.4 is 15.6 Å². The zero-order valence-corrected chi connectivity index (χ0v) is 17.5. The molecule has 0 atom stereocenters. The van der Waals surface area contributed by atoms with Crippen molar-refractivity contribution in [1.82, 2.24) is 19.7 Å². The average Bonchev–Trinajstić information content (AvgIpc) is 3.26. The molecule has 31 heavy (non-hydrogen) atoms. The lowest BCUT2D eigenvalue weighted by atomic mass is 10.1. The number of ether oxygens (including phenoxy) is 1. The Hall–Kier alpha value is -3.94. The molecule has 8 nitrogen and oxygen atoms in total. The molecule has 0 radical (unpaired) electrons. The topological polar surface area (TPSA) is 102 Å². The lowest BCUT2D eigenvalue weighted by Crippen LogP contribution is -2.23. The molecule has 0 spiro atoms. The van der Waals surface area contributed by atoms with Gasteiger partial charge in [0.25, 0.3) is 11.5 Å². The highest BCUT2D eigenvalue weighted by molar-refractivity contribution is 6.04. The van der Waals surface area contributed by atoms with E-state index in [1.807, 2.05) is 38.1 Å². The summed E-state index contributed by atoms with van der Waals surface area (Å²) in [6.45, 7) is 4.66. The highest BCUT2D eigenvalue weighted by atomic mass is 16.5. The van der Waals surface area contributed by atoms with Crippen LogP contribution in [0.15, 0.2) is 59.7 Å². The Bertz CT molecular complexity index is 1310. The Morgan fingerprint density at radius 1 is 1.19 bits per heavy atom. The van der Waals surface area contributed by atoms with Gasteiger partial charge in [0.2, 0.25) is 0 Å². The zero-order valence-electron chi connectivity index (χ0n) is 17.5. The van der Waals surface area contributed by atoms with Crippen LogP contribution in [0, 0.1) is 5.92 Å². The molecule has 0 aliphatic rings. The number of hydrogen-bond donors (Lipinski definition) is 2. The maximum absolute atomic E-state index is 12.8. The molecule has 0 aliphatic heterocycles. The van der Waals surface area contributed by atoms with Gasteiger partial charge >= 0.3 is 0 Å². The van der Waals surface area contributed by atoms with E-state index in [1.54, 1.807) is 42.3 Å². The van der Waals surface area contributed by atoms with Crippen LogP contribution in [0.3, 0.4) is 0 Å². The normalized spacial score (nSPS) is 11.1. The number of H-pyrrole nitrogens is 1. The summed E-state index contributed by atoms with van der Waals surface area (Å²) in [7, 11) is 1.59. The van der Waals surface area contributed by atoms with Gasteiger partial charge in [0, 0.05) is 17.8 Å². The van der Waals surface area contributed by atoms with E-state index in [9.17, 15) is 9.59 Å². The molecular formula is C23H23N5O3. The lowest BCUT2D eigenvalue weighted by Gasteiger charge is -2.10. The fourth-order valence-corrected chi connectivity index (χ4v) is 3.39. The maximum Gasteiger partial charge on any atom is 0.273 e. The fourth-order valence-electron chi connectivity index (χ4n) is 3.39. The van der Waals surface area contributed by atoms with Crippen molar-refractivity contribution in [3.63, 3.8) is 0 Å². The molecule has 0 aliphatic carbocycles. The minimum absolute atomic E-state index is 0.130. The van der Waals surface area contributed by atoms with E-state index in [-0.39, 0.29) is 11.5 Å². The van der Waals surface area contributed by atoms with E-state index in [0.717, 1.165) is 5.56 Å². The van der Waals surface area contributed by atoms with E-state index in [0.29, 0.717) is 46.2 Å². The van der Waals surface area contributed by atoms with Crippen LogP contribution in [0.2, 0.25) is 0 Å². The number of aromatic nitrogens is 4. The first-order valence-electron chi connectivity index (χ1n) is 9.95. The number of benzene rings is 2. The molecule has 1 amide bonds. The number of para-hydroxylation sites is 1. The summed E-state index contributed by atoms with van der Waals surface area (Å²) in [6, 6.07) is 14.2. The number of hydrogen-bond acceptors (Lipinski definition) is 5. The number of carbonyl (C=O) groups excluding carboxylic acids is 1. The number of amides is 1. The van der Waals surface area contributed by atoms with Crippen LogP contribution in [-0.4, -0.2) is 32.8 Å². The van der Waals surface area contributed by atoms with Crippen LogP contribution in [0.1, 0.15) is 24.3 Å². The number of nitrogens with zero attached hydrogens (tertiary/aromatic N) is 3. The van der Waals surface area contributed by atoms with Crippen molar-refractivity contribution >= 4 is 22.5 Å². The van der Waals surface area contributed by atoms with Crippen molar-refractivity contribution in [2.45, 2.75) is 20.4 Å². The highest BCUT2D eigenvalue weighted by Gasteiger charge is 2.15. The number of rotatable bonds is 6. The van der Waals surface area contributed by atoms with Gasteiger partial charge < -0.3 is 10.1 Å². The van der Waals surface area contributed by atoms with Crippen molar-refractivity contribution in [2.24, 2.45) is 5.92 Å². The number of carbonyl (C=O) groups is 1. The van der Waals surface area contributed by atoms with Crippen LogP contribution in [0.4, 0.5) is 5.69 Å². The zero-order chi connectivity index (χ0) is 22.0. The molecule has 0 saturated carbocycles. The van der Waals surface area contributed by atoms with Gasteiger partial charge in [-0.05, 0) is 42.3 Å². The standard InChI is InChI=1S/C23H23N5O3/c1-14(2)12-28-13-24-18-9-8-15(10-17(18)23(28)30)25-22(29)20-11-19(26-27-20)16-6-4-5-7-21(16)31-3/h4-11,13-14H,12H2,1-3H3,(H,25,29)(H,26,27). The van der Waals surface area contributed by atoms with E-state index >= 15 is 0 Å². The molecule has 4 aromatic rings. The largest absolute Gasteiger partial charge is 0.496 e. The first kappa shape index (κ1) is 20.3. The second kappa shape index (κ2) is 8.43. The molecule has 2 aromatic carbocycles. The summed E-state index contributed by atoms with van der Waals surface area (Å²) >= 11 is 0. The predicted octanol–water partition coefficient (Wildman–Crippen LogP) is 3.70. The van der Waals surface area contributed by atoms with Gasteiger partial charge in [-0.15, -0.1) is 0 Å². The van der Waals surface area contributed by atoms with Crippen molar-refractivity contribution in [3.05, 3.63) is 70.9 Å². The molecule has 2 heterocycles. The molecular weight excluding hydrogens is 394 g/mol. The van der Waals surface area contributed by atoms with Gasteiger partial charge in [-0.25, -0.2) is 4.98 Å². The summed E-state index contributed by atoms with van der Waals surface area (Å²) in [5, 5.41) is 10.3. The van der Waals surface area contributed by atoms with Gasteiger partial charge in [-0.2, -0.15) is 5.10 Å². The number of fused-ring (bicyclic) bond motifs is 1. The SMILES string of the molecule is COc1ccccc1-c1cc(C(=O)Nc2ccc3ncn(CC(C)C)c(=O)c3c2)[nH]n1. The molecule has 0 unspecified atom stereocenters. The highest BCUT2D eigenvalue weighted by Crippen LogP contribution is 2.28. The summed E-state index contributed by atoms with van der Waals surface area (Å²) in [4.78, 5) is 29.9. The van der Waals surface area contributed by atoms with E-state index in [1.165, 1.54) is 0 Å². The Morgan fingerprint density at radius 3 is 2.77 bits per heavy atom. The van der Waals surface area contributed by atoms with Crippen LogP contribution in [-0.2, 0) is 6.54 Å². The molecule has 4 rings (SSSR count). The third kappa shape index (κ3) is 4.18. The Morgan fingerprint density at radius 2 is 2.00 bits per heavy atom. The number of nitrogens with one attached hydrogen (secondary N) is 2. The molecule has 2 N–H and O–H groups in total. The van der Waals surface area contributed by atoms with Crippen molar-refractivity contribution in [1.29, 1.82) is 0 Å². The molecule has 0 saturated heterocycles.